The predicted octanol–water partition coefficient (Wildman–Crippen LogP) is 4.15. The van der Waals surface area contributed by atoms with Gasteiger partial charge in [-0.3, -0.25) is 9.69 Å². The highest BCUT2D eigenvalue weighted by Gasteiger charge is 2.10. The maximum Gasteiger partial charge on any atom is 0.320 e. The van der Waals surface area contributed by atoms with Crippen molar-refractivity contribution >= 4 is 5.97 Å². The number of ether oxygens (including phenoxy) is 3. The number of rotatable bonds is 11. The van der Waals surface area contributed by atoms with Gasteiger partial charge in [0.1, 0.15) is 12.4 Å². The van der Waals surface area contributed by atoms with Crippen molar-refractivity contribution in [3.05, 3.63) is 54.1 Å². The van der Waals surface area contributed by atoms with Crippen LogP contribution in [0.2, 0.25) is 0 Å². The fraction of sp³-hybridized carbons (Fsp3) is 0.435. The van der Waals surface area contributed by atoms with E-state index in [0.29, 0.717) is 26.4 Å². The Morgan fingerprint density at radius 1 is 1.07 bits per heavy atom. The average molecular weight is 386 g/mol. The van der Waals surface area contributed by atoms with Crippen LogP contribution in [-0.4, -0.2) is 50.3 Å². The van der Waals surface area contributed by atoms with E-state index in [-0.39, 0.29) is 18.6 Å². The van der Waals surface area contributed by atoms with E-state index < -0.39 is 0 Å². The molecular weight excluding hydrogens is 354 g/mol. The number of esters is 1. The number of carbonyl (C=O) groups is 1. The van der Waals surface area contributed by atoms with Crippen molar-refractivity contribution < 1.29 is 19.0 Å². The molecule has 0 atom stereocenters. The Kier molecular flexibility index (Phi) is 8.98. The van der Waals surface area contributed by atoms with Gasteiger partial charge in [0.05, 0.1) is 25.9 Å². The van der Waals surface area contributed by atoms with E-state index in [9.17, 15) is 4.79 Å². The van der Waals surface area contributed by atoms with Gasteiger partial charge >= 0.3 is 5.97 Å². The Morgan fingerprint density at radius 2 is 1.82 bits per heavy atom. The molecule has 0 bridgehead atoms. The third kappa shape index (κ3) is 7.33. The summed E-state index contributed by atoms with van der Waals surface area (Å²) in [5.74, 6) is 0.591. The van der Waals surface area contributed by atoms with Crippen molar-refractivity contribution in [3.8, 4) is 16.9 Å². The molecule has 0 saturated carbocycles. The molecule has 0 spiro atoms. The van der Waals surface area contributed by atoms with E-state index in [1.54, 1.807) is 6.92 Å². The molecule has 0 N–H and O–H groups in total. The first kappa shape index (κ1) is 21.9. The summed E-state index contributed by atoms with van der Waals surface area (Å²) < 4.78 is 16.8. The van der Waals surface area contributed by atoms with Crippen LogP contribution in [0.5, 0.6) is 5.75 Å². The molecular formula is C23H31NO4. The second kappa shape index (κ2) is 11.5. The first-order valence-corrected chi connectivity index (χ1v) is 9.76. The van der Waals surface area contributed by atoms with Gasteiger partial charge in [-0.2, -0.15) is 0 Å². The van der Waals surface area contributed by atoms with Crippen molar-refractivity contribution in [1.82, 2.24) is 4.90 Å². The van der Waals surface area contributed by atoms with Crippen LogP contribution in [0.4, 0.5) is 0 Å². The quantitative estimate of drug-likeness (QED) is 0.544. The third-order valence-corrected chi connectivity index (χ3v) is 4.17. The number of nitrogens with zero attached hydrogens (tertiary/aromatic N) is 1. The highest BCUT2D eigenvalue weighted by Crippen LogP contribution is 2.27. The summed E-state index contributed by atoms with van der Waals surface area (Å²) in [6.45, 7) is 8.10. The summed E-state index contributed by atoms with van der Waals surface area (Å²) >= 11 is 0. The van der Waals surface area contributed by atoms with Crippen molar-refractivity contribution in [2.75, 3.05) is 33.4 Å². The van der Waals surface area contributed by atoms with E-state index in [2.05, 4.69) is 24.3 Å². The lowest BCUT2D eigenvalue weighted by Crippen LogP contribution is -2.31. The molecule has 0 radical (unpaired) electrons. The lowest BCUT2D eigenvalue weighted by molar-refractivity contribution is -0.144. The molecule has 152 valence electrons. The van der Waals surface area contributed by atoms with Gasteiger partial charge in [-0.05, 0) is 51.1 Å². The fourth-order valence-electron chi connectivity index (χ4n) is 2.72. The summed E-state index contributed by atoms with van der Waals surface area (Å²) in [4.78, 5) is 13.4. The second-order valence-corrected chi connectivity index (χ2v) is 6.94. The van der Waals surface area contributed by atoms with Crippen molar-refractivity contribution in [2.45, 2.75) is 33.5 Å². The van der Waals surface area contributed by atoms with Crippen LogP contribution in [0.15, 0.2) is 48.5 Å². The first-order valence-electron chi connectivity index (χ1n) is 9.76. The molecule has 0 fully saturated rings. The van der Waals surface area contributed by atoms with Crippen molar-refractivity contribution in [1.29, 1.82) is 0 Å². The monoisotopic (exact) mass is 385 g/mol. The van der Waals surface area contributed by atoms with E-state index in [1.807, 2.05) is 50.1 Å². The smallest absolute Gasteiger partial charge is 0.320 e. The Balaban J connectivity index is 2.02. The summed E-state index contributed by atoms with van der Waals surface area (Å²) in [6, 6.07) is 16.4. The number of benzene rings is 2. The van der Waals surface area contributed by atoms with Gasteiger partial charge < -0.3 is 14.2 Å². The van der Waals surface area contributed by atoms with Crippen LogP contribution in [0, 0.1) is 0 Å². The largest absolute Gasteiger partial charge is 0.492 e. The molecule has 0 aliphatic rings. The molecule has 2 aromatic rings. The van der Waals surface area contributed by atoms with Gasteiger partial charge in [0.25, 0.3) is 0 Å². The van der Waals surface area contributed by atoms with Crippen molar-refractivity contribution in [2.24, 2.45) is 0 Å². The standard InChI is InChI=1S/C23H31NO4/c1-5-26-23(25)16-24(4)13-14-27-22-12-11-20(19-9-7-6-8-10-19)15-21(22)17-28-18(2)3/h6-12,15,18H,5,13-14,16-17H2,1-4H3. The van der Waals surface area contributed by atoms with Gasteiger partial charge in [0.2, 0.25) is 0 Å². The zero-order valence-electron chi connectivity index (χ0n) is 17.3. The minimum Gasteiger partial charge on any atom is -0.492 e. The number of likely N-dealkylation sites (N-methyl/N-ethyl adjacent to an activating group) is 1. The van der Waals surface area contributed by atoms with Crippen LogP contribution >= 0.6 is 0 Å². The molecule has 5 nitrogen and oxygen atoms in total. The van der Waals surface area contributed by atoms with Gasteiger partial charge in [-0.15, -0.1) is 0 Å². The molecule has 0 amide bonds. The van der Waals surface area contributed by atoms with Gasteiger partial charge in [-0.1, -0.05) is 36.4 Å². The Bertz CT molecular complexity index is 731. The Morgan fingerprint density at radius 3 is 2.50 bits per heavy atom. The minimum atomic E-state index is -0.219. The van der Waals surface area contributed by atoms with Gasteiger partial charge in [-0.25, -0.2) is 0 Å². The molecule has 0 aliphatic heterocycles. The van der Waals surface area contributed by atoms with E-state index >= 15 is 0 Å². The molecule has 2 aromatic carbocycles. The maximum atomic E-state index is 11.5. The molecule has 0 unspecified atom stereocenters. The highest BCUT2D eigenvalue weighted by molar-refractivity contribution is 5.71. The van der Waals surface area contributed by atoms with Crippen LogP contribution in [-0.2, 0) is 20.9 Å². The fourth-order valence-corrected chi connectivity index (χ4v) is 2.72. The molecule has 28 heavy (non-hydrogen) atoms. The van der Waals surface area contributed by atoms with Crippen LogP contribution < -0.4 is 4.74 Å². The van der Waals surface area contributed by atoms with Crippen molar-refractivity contribution in [3.63, 3.8) is 0 Å². The highest BCUT2D eigenvalue weighted by atomic mass is 16.5. The minimum absolute atomic E-state index is 0.143. The summed E-state index contributed by atoms with van der Waals surface area (Å²) in [7, 11) is 1.88. The molecule has 5 heteroatoms. The van der Waals surface area contributed by atoms with E-state index in [4.69, 9.17) is 14.2 Å². The molecule has 0 aromatic heterocycles. The van der Waals surface area contributed by atoms with Gasteiger partial charge in [0.15, 0.2) is 0 Å². The summed E-state index contributed by atoms with van der Waals surface area (Å²) in [6.07, 6.45) is 0.143. The summed E-state index contributed by atoms with van der Waals surface area (Å²) in [5.41, 5.74) is 3.31. The van der Waals surface area contributed by atoms with E-state index in [0.717, 1.165) is 22.4 Å². The molecule has 2 rings (SSSR count). The van der Waals surface area contributed by atoms with Crippen LogP contribution in [0.1, 0.15) is 26.3 Å². The number of hydrogen-bond acceptors (Lipinski definition) is 5. The van der Waals surface area contributed by atoms with Crippen LogP contribution in [0.25, 0.3) is 11.1 Å². The van der Waals surface area contributed by atoms with Gasteiger partial charge in [0, 0.05) is 12.1 Å². The SMILES string of the molecule is CCOC(=O)CN(C)CCOc1ccc(-c2ccccc2)cc1COC(C)C. The van der Waals surface area contributed by atoms with E-state index in [1.165, 1.54) is 0 Å². The molecule has 0 heterocycles. The Hall–Kier alpha value is -2.37. The maximum absolute atomic E-state index is 11.5. The van der Waals surface area contributed by atoms with Crippen LogP contribution in [0.3, 0.4) is 0 Å². The molecule has 0 saturated heterocycles. The predicted molar refractivity (Wildman–Crippen MR) is 111 cm³/mol. The normalized spacial score (nSPS) is 11.1. The lowest BCUT2D eigenvalue weighted by atomic mass is 10.0. The second-order valence-electron chi connectivity index (χ2n) is 6.94. The third-order valence-electron chi connectivity index (χ3n) is 4.17. The average Bonchev–Trinajstić information content (AvgIpc) is 2.67. The number of hydrogen-bond donors (Lipinski definition) is 0. The number of carbonyl (C=O) groups excluding carboxylic acids is 1. The zero-order valence-corrected chi connectivity index (χ0v) is 17.3. The first-order chi connectivity index (χ1) is 13.5. The Labute approximate surface area is 168 Å². The topological polar surface area (TPSA) is 48.0 Å². The molecule has 0 aliphatic carbocycles. The zero-order chi connectivity index (χ0) is 20.4. The summed E-state index contributed by atoms with van der Waals surface area (Å²) in [5, 5.41) is 0. The lowest BCUT2D eigenvalue weighted by Gasteiger charge is -2.18.